The van der Waals surface area contributed by atoms with Crippen molar-refractivity contribution in [2.75, 3.05) is 6.61 Å². The topological polar surface area (TPSA) is 40.6 Å². The molecule has 1 aromatic heterocycles. The van der Waals surface area contributed by atoms with E-state index >= 15 is 0 Å². The molecule has 0 aliphatic carbocycles. The molecular formula is C26H29NO3. The maximum Gasteiger partial charge on any atom is 0.213 e. The summed E-state index contributed by atoms with van der Waals surface area (Å²) in [6.07, 6.45) is 7.13. The third kappa shape index (κ3) is 6.96. The fraction of sp³-hybridized carbons (Fsp3) is 0.269. The molecule has 0 radical (unpaired) electrons. The molecule has 0 bridgehead atoms. The zero-order chi connectivity index (χ0) is 21.2. The number of hydrogen-bond donors (Lipinski definition) is 0. The van der Waals surface area contributed by atoms with Crippen molar-refractivity contribution in [2.24, 2.45) is 5.92 Å². The van der Waals surface area contributed by atoms with Crippen LogP contribution < -0.4 is 14.2 Å². The van der Waals surface area contributed by atoms with Crippen LogP contribution in [0, 0.1) is 5.92 Å². The monoisotopic (exact) mass is 403 g/mol. The average Bonchev–Trinajstić information content (AvgIpc) is 2.78. The summed E-state index contributed by atoms with van der Waals surface area (Å²) in [7, 11) is 0. The molecule has 0 spiro atoms. The second-order valence-corrected chi connectivity index (χ2v) is 7.29. The second kappa shape index (κ2) is 11.1. The van der Waals surface area contributed by atoms with Crippen LogP contribution in [0.3, 0.4) is 0 Å². The predicted octanol–water partition coefficient (Wildman–Crippen LogP) is 6.78. The van der Waals surface area contributed by atoms with Crippen molar-refractivity contribution in [3.63, 3.8) is 0 Å². The van der Waals surface area contributed by atoms with Crippen molar-refractivity contribution in [3.05, 3.63) is 84.6 Å². The Balaban J connectivity index is 1.47. The van der Waals surface area contributed by atoms with Gasteiger partial charge in [0.15, 0.2) is 0 Å². The number of aromatic nitrogens is 1. The van der Waals surface area contributed by atoms with Crippen LogP contribution in [0.2, 0.25) is 0 Å². The molecule has 2 aromatic carbocycles. The van der Waals surface area contributed by atoms with Crippen LogP contribution in [0.4, 0.5) is 0 Å². The van der Waals surface area contributed by atoms with E-state index in [0.717, 1.165) is 23.7 Å². The quantitative estimate of drug-likeness (QED) is 0.374. The van der Waals surface area contributed by atoms with Crippen LogP contribution in [-0.4, -0.2) is 17.7 Å². The van der Waals surface area contributed by atoms with E-state index in [1.165, 1.54) is 5.56 Å². The Morgan fingerprint density at radius 3 is 2.17 bits per heavy atom. The highest BCUT2D eigenvalue weighted by molar-refractivity contribution is 5.51. The third-order valence-corrected chi connectivity index (χ3v) is 4.65. The Kier molecular flexibility index (Phi) is 7.90. The number of benzene rings is 2. The van der Waals surface area contributed by atoms with Crippen molar-refractivity contribution < 1.29 is 14.2 Å². The fourth-order valence-corrected chi connectivity index (χ4v) is 2.67. The maximum atomic E-state index is 5.93. The molecule has 0 aliphatic heterocycles. The zero-order valence-corrected chi connectivity index (χ0v) is 17.8. The van der Waals surface area contributed by atoms with Crippen LogP contribution >= 0.6 is 0 Å². The lowest BCUT2D eigenvalue weighted by atomic mass is 10.1. The third-order valence-electron chi connectivity index (χ3n) is 4.65. The van der Waals surface area contributed by atoms with Crippen molar-refractivity contribution in [2.45, 2.75) is 33.3 Å². The van der Waals surface area contributed by atoms with E-state index in [2.05, 4.69) is 43.1 Å². The Hall–Kier alpha value is -3.27. The second-order valence-electron chi connectivity index (χ2n) is 7.29. The van der Waals surface area contributed by atoms with E-state index < -0.39 is 0 Å². The van der Waals surface area contributed by atoms with Crippen LogP contribution in [0.25, 0.3) is 6.08 Å². The molecule has 30 heavy (non-hydrogen) atoms. The van der Waals surface area contributed by atoms with Crippen LogP contribution in [0.5, 0.6) is 23.1 Å². The highest BCUT2D eigenvalue weighted by Crippen LogP contribution is 2.24. The molecule has 0 amide bonds. The SMILES string of the molecule is CCC(C)/C=C/c1ccc(Oc2ccc(OCC(C)Oc3ccccn3)cc2)cc1. The average molecular weight is 404 g/mol. The molecule has 2 unspecified atom stereocenters. The fourth-order valence-electron chi connectivity index (χ4n) is 2.67. The summed E-state index contributed by atoms with van der Waals surface area (Å²) in [6.45, 7) is 6.80. The van der Waals surface area contributed by atoms with Gasteiger partial charge in [-0.2, -0.15) is 0 Å². The van der Waals surface area contributed by atoms with Gasteiger partial charge in [-0.25, -0.2) is 4.98 Å². The van der Waals surface area contributed by atoms with Gasteiger partial charge >= 0.3 is 0 Å². The normalized spacial score (nSPS) is 13.0. The first-order valence-electron chi connectivity index (χ1n) is 10.4. The van der Waals surface area contributed by atoms with Crippen molar-refractivity contribution in [3.8, 4) is 23.1 Å². The highest BCUT2D eigenvalue weighted by atomic mass is 16.5. The Bertz CT molecular complexity index is 905. The lowest BCUT2D eigenvalue weighted by molar-refractivity contribution is 0.138. The van der Waals surface area contributed by atoms with Gasteiger partial charge in [0, 0.05) is 12.3 Å². The van der Waals surface area contributed by atoms with Crippen molar-refractivity contribution in [1.29, 1.82) is 0 Å². The minimum Gasteiger partial charge on any atom is -0.490 e. The number of ether oxygens (including phenoxy) is 3. The molecule has 0 saturated heterocycles. The van der Waals surface area contributed by atoms with E-state index in [9.17, 15) is 0 Å². The van der Waals surface area contributed by atoms with Gasteiger partial charge < -0.3 is 14.2 Å². The first-order chi connectivity index (χ1) is 14.6. The van der Waals surface area contributed by atoms with E-state index in [-0.39, 0.29) is 6.10 Å². The lowest BCUT2D eigenvalue weighted by Gasteiger charge is -2.15. The molecule has 3 aromatic rings. The standard InChI is InChI=1S/C26H29NO3/c1-4-20(2)8-9-22-10-12-24(13-11-22)30-25-16-14-23(15-17-25)28-19-21(3)29-26-7-5-6-18-27-26/h5-18,20-21H,4,19H2,1-3H3/b9-8+. The first kappa shape index (κ1) is 21.4. The van der Waals surface area contributed by atoms with E-state index in [1.54, 1.807) is 6.20 Å². The van der Waals surface area contributed by atoms with E-state index in [0.29, 0.717) is 18.4 Å². The number of hydrogen-bond acceptors (Lipinski definition) is 4. The summed E-state index contributed by atoms with van der Waals surface area (Å²) in [5.41, 5.74) is 1.17. The van der Waals surface area contributed by atoms with E-state index in [4.69, 9.17) is 14.2 Å². The van der Waals surface area contributed by atoms with Gasteiger partial charge in [0.25, 0.3) is 0 Å². The van der Waals surface area contributed by atoms with Crippen LogP contribution in [0.1, 0.15) is 32.8 Å². The Morgan fingerprint density at radius 1 is 0.867 bits per heavy atom. The number of rotatable bonds is 10. The van der Waals surface area contributed by atoms with Crippen molar-refractivity contribution >= 4 is 6.08 Å². The van der Waals surface area contributed by atoms with Gasteiger partial charge in [-0.15, -0.1) is 0 Å². The summed E-state index contributed by atoms with van der Waals surface area (Å²) < 4.78 is 17.4. The van der Waals surface area contributed by atoms with Gasteiger partial charge in [0.1, 0.15) is 30.0 Å². The van der Waals surface area contributed by atoms with Gasteiger partial charge in [0.05, 0.1) is 0 Å². The van der Waals surface area contributed by atoms with Gasteiger partial charge in [-0.3, -0.25) is 0 Å². The largest absolute Gasteiger partial charge is 0.490 e. The molecule has 4 nitrogen and oxygen atoms in total. The van der Waals surface area contributed by atoms with Crippen LogP contribution in [-0.2, 0) is 0 Å². The molecule has 3 rings (SSSR count). The number of nitrogens with zero attached hydrogens (tertiary/aromatic N) is 1. The zero-order valence-electron chi connectivity index (χ0n) is 17.8. The number of pyridine rings is 1. The molecular weight excluding hydrogens is 374 g/mol. The van der Waals surface area contributed by atoms with Crippen LogP contribution in [0.15, 0.2) is 79.0 Å². The van der Waals surface area contributed by atoms with E-state index in [1.807, 2.05) is 61.5 Å². The first-order valence-corrected chi connectivity index (χ1v) is 10.4. The Morgan fingerprint density at radius 2 is 1.53 bits per heavy atom. The molecule has 4 heteroatoms. The molecule has 1 heterocycles. The predicted molar refractivity (Wildman–Crippen MR) is 121 cm³/mol. The van der Waals surface area contributed by atoms with Gasteiger partial charge in [-0.05, 0) is 60.9 Å². The molecule has 0 aliphatic rings. The molecule has 0 N–H and O–H groups in total. The summed E-state index contributed by atoms with van der Waals surface area (Å²) in [6, 6.07) is 21.3. The number of allylic oxidation sites excluding steroid dienone is 1. The van der Waals surface area contributed by atoms with Crippen molar-refractivity contribution in [1.82, 2.24) is 4.98 Å². The highest BCUT2D eigenvalue weighted by Gasteiger charge is 2.06. The molecule has 0 saturated carbocycles. The van der Waals surface area contributed by atoms with Gasteiger partial charge in [-0.1, -0.05) is 50.6 Å². The van der Waals surface area contributed by atoms with Gasteiger partial charge in [0.2, 0.25) is 5.88 Å². The minimum atomic E-state index is -0.108. The molecule has 156 valence electrons. The smallest absolute Gasteiger partial charge is 0.213 e. The summed E-state index contributed by atoms with van der Waals surface area (Å²) >= 11 is 0. The molecule has 2 atom stereocenters. The summed E-state index contributed by atoms with van der Waals surface area (Å²) in [5, 5.41) is 0. The maximum absolute atomic E-state index is 5.93. The summed E-state index contributed by atoms with van der Waals surface area (Å²) in [4.78, 5) is 4.15. The molecule has 0 fully saturated rings. The lowest BCUT2D eigenvalue weighted by Crippen LogP contribution is -2.21. The minimum absolute atomic E-state index is 0.108. The summed E-state index contributed by atoms with van der Waals surface area (Å²) in [5.74, 6) is 3.53. The Labute approximate surface area is 179 Å².